The van der Waals surface area contributed by atoms with Gasteiger partial charge in [0.15, 0.2) is 0 Å². The molecule has 1 nitrogen and oxygen atoms in total. The zero-order chi connectivity index (χ0) is 10.1. The first-order valence-electron chi connectivity index (χ1n) is 4.45. The molecule has 0 N–H and O–H groups in total. The number of benzene rings is 1. The van der Waals surface area contributed by atoms with E-state index in [-0.39, 0.29) is 0 Å². The fourth-order valence-corrected chi connectivity index (χ4v) is 1.78. The Kier molecular flexibility index (Phi) is 2.62. The van der Waals surface area contributed by atoms with Crippen LogP contribution in [0.3, 0.4) is 0 Å². The van der Waals surface area contributed by atoms with Crippen LogP contribution >= 0.6 is 23.2 Å². The molecule has 1 aromatic heterocycles. The minimum Gasteiger partial charge on any atom is -0.261 e. The quantitative estimate of drug-likeness (QED) is 0.713. The first-order chi connectivity index (χ1) is 6.72. The predicted molar refractivity (Wildman–Crippen MR) is 61.1 cm³/mol. The second-order valence-corrected chi connectivity index (χ2v) is 3.90. The Labute approximate surface area is 92.7 Å². The zero-order valence-corrected chi connectivity index (χ0v) is 9.23. The first-order valence-corrected chi connectivity index (χ1v) is 5.20. The van der Waals surface area contributed by atoms with Crippen molar-refractivity contribution in [2.45, 2.75) is 13.3 Å². The summed E-state index contributed by atoms with van der Waals surface area (Å²) in [5.74, 6) is 0. The molecule has 0 aliphatic carbocycles. The summed E-state index contributed by atoms with van der Waals surface area (Å²) in [6.45, 7) is 2.06. The Morgan fingerprint density at radius 1 is 1.29 bits per heavy atom. The lowest BCUT2D eigenvalue weighted by Crippen LogP contribution is -1.86. The molecule has 2 aromatic rings. The fraction of sp³-hybridized carbons (Fsp3) is 0.182. The standard InChI is InChI=1S/C11H9Cl2N/c1-2-8-5-9-7(6-14-8)3-4-10(12)11(9)13/h3-6H,2H2,1H3. The van der Waals surface area contributed by atoms with Crippen molar-refractivity contribution < 1.29 is 0 Å². The van der Waals surface area contributed by atoms with Crippen LogP contribution in [0, 0.1) is 0 Å². The highest BCUT2D eigenvalue weighted by molar-refractivity contribution is 6.45. The summed E-state index contributed by atoms with van der Waals surface area (Å²) in [6, 6.07) is 5.71. The summed E-state index contributed by atoms with van der Waals surface area (Å²) >= 11 is 12.0. The third-order valence-electron chi connectivity index (χ3n) is 2.21. The van der Waals surface area contributed by atoms with Crippen LogP contribution in [0.15, 0.2) is 24.4 Å². The molecule has 0 spiro atoms. The lowest BCUT2D eigenvalue weighted by molar-refractivity contribution is 1.05. The number of fused-ring (bicyclic) bond motifs is 1. The molecule has 2 rings (SSSR count). The normalized spacial score (nSPS) is 10.8. The highest BCUT2D eigenvalue weighted by atomic mass is 35.5. The Bertz CT molecular complexity index is 480. The number of aryl methyl sites for hydroxylation is 1. The molecule has 1 aromatic carbocycles. The SMILES string of the molecule is CCc1cc2c(Cl)c(Cl)ccc2cn1. The van der Waals surface area contributed by atoms with E-state index in [4.69, 9.17) is 23.2 Å². The van der Waals surface area contributed by atoms with Crippen LogP contribution < -0.4 is 0 Å². The van der Waals surface area contributed by atoms with E-state index in [2.05, 4.69) is 11.9 Å². The number of nitrogens with zero attached hydrogens (tertiary/aromatic N) is 1. The largest absolute Gasteiger partial charge is 0.261 e. The molecule has 0 aliphatic rings. The molecule has 14 heavy (non-hydrogen) atoms. The molecule has 0 radical (unpaired) electrons. The number of aromatic nitrogens is 1. The summed E-state index contributed by atoms with van der Waals surface area (Å²) in [4.78, 5) is 4.29. The van der Waals surface area contributed by atoms with Crippen LogP contribution in [-0.4, -0.2) is 4.98 Å². The minimum atomic E-state index is 0.590. The third-order valence-corrected chi connectivity index (χ3v) is 3.03. The maximum atomic E-state index is 6.10. The van der Waals surface area contributed by atoms with E-state index in [0.29, 0.717) is 10.0 Å². The molecular formula is C11H9Cl2N. The van der Waals surface area contributed by atoms with E-state index in [1.807, 2.05) is 18.3 Å². The van der Waals surface area contributed by atoms with Gasteiger partial charge in [-0.25, -0.2) is 0 Å². The van der Waals surface area contributed by atoms with E-state index in [0.717, 1.165) is 22.9 Å². The van der Waals surface area contributed by atoms with Crippen LogP contribution in [0.1, 0.15) is 12.6 Å². The number of hydrogen-bond donors (Lipinski definition) is 0. The van der Waals surface area contributed by atoms with Crippen LogP contribution in [0.4, 0.5) is 0 Å². The maximum Gasteiger partial charge on any atom is 0.0671 e. The number of hydrogen-bond acceptors (Lipinski definition) is 1. The van der Waals surface area contributed by atoms with Crippen molar-refractivity contribution in [1.82, 2.24) is 4.98 Å². The highest BCUT2D eigenvalue weighted by Crippen LogP contribution is 2.30. The van der Waals surface area contributed by atoms with Gasteiger partial charge in [0.1, 0.15) is 0 Å². The van der Waals surface area contributed by atoms with Gasteiger partial charge < -0.3 is 0 Å². The van der Waals surface area contributed by atoms with Gasteiger partial charge >= 0.3 is 0 Å². The molecule has 1 heterocycles. The van der Waals surface area contributed by atoms with Gasteiger partial charge in [-0.15, -0.1) is 0 Å². The van der Waals surface area contributed by atoms with Gasteiger partial charge in [-0.2, -0.15) is 0 Å². The Balaban J connectivity index is 2.78. The smallest absolute Gasteiger partial charge is 0.0671 e. The second kappa shape index (κ2) is 3.76. The molecule has 3 heteroatoms. The van der Waals surface area contributed by atoms with Gasteiger partial charge in [0.05, 0.1) is 10.0 Å². The average molecular weight is 226 g/mol. The summed E-state index contributed by atoms with van der Waals surface area (Å²) in [7, 11) is 0. The molecule has 72 valence electrons. The van der Waals surface area contributed by atoms with Crippen LogP contribution in [0.25, 0.3) is 10.8 Å². The molecule has 0 saturated heterocycles. The van der Waals surface area contributed by atoms with Crippen molar-refractivity contribution in [2.75, 3.05) is 0 Å². The van der Waals surface area contributed by atoms with Crippen molar-refractivity contribution in [3.63, 3.8) is 0 Å². The molecule has 0 atom stereocenters. The number of rotatable bonds is 1. The Hall–Kier alpha value is -0.790. The van der Waals surface area contributed by atoms with Gasteiger partial charge in [0.2, 0.25) is 0 Å². The summed E-state index contributed by atoms with van der Waals surface area (Å²) in [5.41, 5.74) is 1.03. The Morgan fingerprint density at radius 2 is 2.07 bits per heavy atom. The monoisotopic (exact) mass is 225 g/mol. The molecule has 0 amide bonds. The molecule has 0 saturated carbocycles. The molecule has 0 bridgehead atoms. The van der Waals surface area contributed by atoms with Crippen molar-refractivity contribution in [2.24, 2.45) is 0 Å². The summed E-state index contributed by atoms with van der Waals surface area (Å²) in [5, 5.41) is 3.20. The molecular weight excluding hydrogens is 217 g/mol. The molecule has 0 fully saturated rings. The zero-order valence-electron chi connectivity index (χ0n) is 7.72. The lowest BCUT2D eigenvalue weighted by Gasteiger charge is -2.03. The number of halogens is 2. The highest BCUT2D eigenvalue weighted by Gasteiger charge is 2.04. The third kappa shape index (κ3) is 1.58. The van der Waals surface area contributed by atoms with Gasteiger partial charge in [-0.3, -0.25) is 4.98 Å². The summed E-state index contributed by atoms with van der Waals surface area (Å²) < 4.78 is 0. The van der Waals surface area contributed by atoms with E-state index in [9.17, 15) is 0 Å². The fourth-order valence-electron chi connectivity index (χ4n) is 1.39. The van der Waals surface area contributed by atoms with E-state index >= 15 is 0 Å². The van der Waals surface area contributed by atoms with Crippen LogP contribution in [0.2, 0.25) is 10.0 Å². The van der Waals surface area contributed by atoms with Crippen molar-refractivity contribution >= 4 is 34.0 Å². The average Bonchev–Trinajstić information content (AvgIpc) is 2.23. The van der Waals surface area contributed by atoms with Crippen LogP contribution in [-0.2, 0) is 6.42 Å². The van der Waals surface area contributed by atoms with Crippen molar-refractivity contribution in [1.29, 1.82) is 0 Å². The van der Waals surface area contributed by atoms with Gasteiger partial charge in [-0.05, 0) is 18.6 Å². The topological polar surface area (TPSA) is 12.9 Å². The van der Waals surface area contributed by atoms with Crippen molar-refractivity contribution in [3.8, 4) is 0 Å². The van der Waals surface area contributed by atoms with E-state index in [1.165, 1.54) is 0 Å². The second-order valence-electron chi connectivity index (χ2n) is 3.11. The van der Waals surface area contributed by atoms with Gasteiger partial charge in [0.25, 0.3) is 0 Å². The maximum absolute atomic E-state index is 6.10. The Morgan fingerprint density at radius 3 is 2.79 bits per heavy atom. The molecule has 0 aliphatic heterocycles. The van der Waals surface area contributed by atoms with Crippen LogP contribution in [0.5, 0.6) is 0 Å². The van der Waals surface area contributed by atoms with Gasteiger partial charge in [0, 0.05) is 22.7 Å². The minimum absolute atomic E-state index is 0.590. The predicted octanol–water partition coefficient (Wildman–Crippen LogP) is 4.10. The van der Waals surface area contributed by atoms with E-state index < -0.39 is 0 Å². The first kappa shape index (κ1) is 9.75. The van der Waals surface area contributed by atoms with E-state index in [1.54, 1.807) is 6.07 Å². The molecule has 0 unspecified atom stereocenters. The van der Waals surface area contributed by atoms with Gasteiger partial charge in [-0.1, -0.05) is 36.2 Å². The lowest BCUT2D eigenvalue weighted by atomic mass is 10.1. The van der Waals surface area contributed by atoms with Crippen molar-refractivity contribution in [3.05, 3.63) is 40.1 Å². The number of pyridine rings is 1. The summed E-state index contributed by atoms with van der Waals surface area (Å²) in [6.07, 6.45) is 2.73.